The second-order valence-electron chi connectivity index (χ2n) is 7.36. The van der Waals surface area contributed by atoms with Crippen molar-refractivity contribution in [3.63, 3.8) is 0 Å². The number of H-pyrrole nitrogens is 1. The molecule has 0 fully saturated rings. The Labute approximate surface area is 193 Å². The van der Waals surface area contributed by atoms with Gasteiger partial charge in [-0.15, -0.1) is 16.4 Å². The molecule has 0 atom stereocenters. The maximum atomic E-state index is 12.8. The smallest absolute Gasteiger partial charge is 0.327 e. The molecular formula is C22H24N6O4S. The molecule has 0 aliphatic heterocycles. The Kier molecular flexibility index (Phi) is 7.10. The number of esters is 1. The summed E-state index contributed by atoms with van der Waals surface area (Å²) in [6, 6.07) is 11.5. The fraction of sp³-hybridized carbons (Fsp3) is 0.318. The Morgan fingerprint density at radius 1 is 1.21 bits per heavy atom. The normalized spacial score (nSPS) is 11.2. The molecule has 11 heteroatoms. The van der Waals surface area contributed by atoms with Crippen molar-refractivity contribution in [3.05, 3.63) is 68.4 Å². The third-order valence-electron chi connectivity index (χ3n) is 5.04. The number of tetrazole rings is 1. The number of hydrogen-bond acceptors (Lipinski definition) is 9. The van der Waals surface area contributed by atoms with E-state index in [4.69, 9.17) is 9.47 Å². The molecule has 0 aliphatic rings. The van der Waals surface area contributed by atoms with E-state index in [9.17, 15) is 9.59 Å². The summed E-state index contributed by atoms with van der Waals surface area (Å²) < 4.78 is 11.7. The number of pyridine rings is 1. The standard InChI is InChI=1S/C22H24N6O4S/c1-3-32-21(29)14-28-20(24-25-26-28)13-27(12-18-5-4-8-33-18)11-16-9-15-6-7-17(31-2)10-19(15)23-22(16)30/h4-10H,3,11-14H2,1-2H3,(H,23,30). The number of rotatable bonds is 10. The largest absolute Gasteiger partial charge is 0.497 e. The summed E-state index contributed by atoms with van der Waals surface area (Å²) in [4.78, 5) is 30.9. The van der Waals surface area contributed by atoms with E-state index in [1.165, 1.54) is 4.68 Å². The van der Waals surface area contributed by atoms with Crippen LogP contribution in [0.2, 0.25) is 0 Å². The molecule has 0 radical (unpaired) electrons. The van der Waals surface area contributed by atoms with Crippen molar-refractivity contribution < 1.29 is 14.3 Å². The summed E-state index contributed by atoms with van der Waals surface area (Å²) in [5, 5.41) is 14.6. The van der Waals surface area contributed by atoms with Gasteiger partial charge >= 0.3 is 5.97 Å². The first-order chi connectivity index (χ1) is 16.1. The first kappa shape index (κ1) is 22.6. The highest BCUT2D eigenvalue weighted by atomic mass is 32.1. The molecule has 33 heavy (non-hydrogen) atoms. The predicted octanol–water partition coefficient (Wildman–Crippen LogP) is 2.35. The molecule has 1 N–H and O–H groups in total. The number of nitrogens with zero attached hydrogens (tertiary/aromatic N) is 5. The van der Waals surface area contributed by atoms with Crippen LogP contribution in [0.4, 0.5) is 0 Å². The monoisotopic (exact) mass is 468 g/mol. The first-order valence-corrected chi connectivity index (χ1v) is 11.3. The fourth-order valence-corrected chi connectivity index (χ4v) is 4.24. The molecule has 4 rings (SSSR count). The molecule has 0 bridgehead atoms. The summed E-state index contributed by atoms with van der Waals surface area (Å²) in [5.41, 5.74) is 1.16. The molecule has 10 nitrogen and oxygen atoms in total. The second-order valence-corrected chi connectivity index (χ2v) is 8.39. The lowest BCUT2D eigenvalue weighted by Gasteiger charge is -2.21. The minimum Gasteiger partial charge on any atom is -0.497 e. The molecule has 0 aliphatic carbocycles. The minimum atomic E-state index is -0.405. The van der Waals surface area contributed by atoms with Gasteiger partial charge in [0.1, 0.15) is 12.3 Å². The number of ether oxygens (including phenoxy) is 2. The average molecular weight is 469 g/mol. The lowest BCUT2D eigenvalue weighted by atomic mass is 10.1. The van der Waals surface area contributed by atoms with Crippen molar-refractivity contribution in [2.24, 2.45) is 0 Å². The van der Waals surface area contributed by atoms with E-state index >= 15 is 0 Å². The van der Waals surface area contributed by atoms with Crippen LogP contribution < -0.4 is 10.3 Å². The zero-order chi connectivity index (χ0) is 23.2. The lowest BCUT2D eigenvalue weighted by molar-refractivity contribution is -0.144. The third-order valence-corrected chi connectivity index (χ3v) is 5.90. The molecule has 0 saturated carbocycles. The third kappa shape index (κ3) is 5.62. The lowest BCUT2D eigenvalue weighted by Crippen LogP contribution is -2.28. The van der Waals surface area contributed by atoms with Crippen LogP contribution >= 0.6 is 11.3 Å². The van der Waals surface area contributed by atoms with E-state index < -0.39 is 5.97 Å². The molecule has 0 unspecified atom stereocenters. The number of hydrogen-bond donors (Lipinski definition) is 1. The maximum absolute atomic E-state index is 12.8. The Morgan fingerprint density at radius 2 is 2.09 bits per heavy atom. The Balaban J connectivity index is 1.60. The van der Waals surface area contributed by atoms with E-state index in [2.05, 4.69) is 25.4 Å². The number of fused-ring (bicyclic) bond motifs is 1. The van der Waals surface area contributed by atoms with Gasteiger partial charge in [0.05, 0.1) is 25.8 Å². The van der Waals surface area contributed by atoms with Gasteiger partial charge in [-0.25, -0.2) is 4.68 Å². The van der Waals surface area contributed by atoms with Crippen molar-refractivity contribution in [2.75, 3.05) is 13.7 Å². The topological polar surface area (TPSA) is 115 Å². The van der Waals surface area contributed by atoms with Crippen LogP contribution in [0.3, 0.4) is 0 Å². The Bertz CT molecular complexity index is 1280. The van der Waals surface area contributed by atoms with Gasteiger partial charge in [-0.2, -0.15) is 0 Å². The van der Waals surface area contributed by atoms with Crippen LogP contribution in [0.15, 0.2) is 46.6 Å². The van der Waals surface area contributed by atoms with Crippen molar-refractivity contribution in [2.45, 2.75) is 33.1 Å². The second kappa shape index (κ2) is 10.4. The van der Waals surface area contributed by atoms with Crippen LogP contribution in [0, 0.1) is 0 Å². The van der Waals surface area contributed by atoms with Gasteiger partial charge in [-0.05, 0) is 52.4 Å². The fourth-order valence-electron chi connectivity index (χ4n) is 3.49. The van der Waals surface area contributed by atoms with Gasteiger partial charge in [0, 0.05) is 29.6 Å². The highest BCUT2D eigenvalue weighted by Gasteiger charge is 2.18. The average Bonchev–Trinajstić information content (AvgIpc) is 3.46. The number of nitrogens with one attached hydrogen (secondary N) is 1. The van der Waals surface area contributed by atoms with E-state index in [0.29, 0.717) is 42.3 Å². The Morgan fingerprint density at radius 3 is 2.85 bits per heavy atom. The van der Waals surface area contributed by atoms with E-state index in [-0.39, 0.29) is 18.7 Å². The molecular weight excluding hydrogens is 444 g/mol. The number of aromatic nitrogens is 5. The number of methoxy groups -OCH3 is 1. The van der Waals surface area contributed by atoms with Gasteiger partial charge in [-0.3, -0.25) is 14.5 Å². The summed E-state index contributed by atoms with van der Waals surface area (Å²) in [7, 11) is 1.59. The molecule has 3 aromatic heterocycles. The molecule has 0 saturated heterocycles. The maximum Gasteiger partial charge on any atom is 0.327 e. The highest BCUT2D eigenvalue weighted by molar-refractivity contribution is 7.09. The molecule has 0 amide bonds. The van der Waals surface area contributed by atoms with Gasteiger partial charge in [0.15, 0.2) is 5.82 Å². The van der Waals surface area contributed by atoms with E-state index in [0.717, 1.165) is 10.3 Å². The molecule has 172 valence electrons. The molecule has 1 aromatic carbocycles. The van der Waals surface area contributed by atoms with Crippen LogP contribution in [0.5, 0.6) is 5.75 Å². The number of aromatic amines is 1. The Hall–Kier alpha value is -3.57. The number of thiophene rings is 1. The first-order valence-electron chi connectivity index (χ1n) is 10.4. The SMILES string of the molecule is CCOC(=O)Cn1nnnc1CN(Cc1cccs1)Cc1cc2ccc(OC)cc2[nH]c1=O. The molecule has 0 spiro atoms. The van der Waals surface area contributed by atoms with Crippen LogP contribution in [0.25, 0.3) is 10.9 Å². The zero-order valence-corrected chi connectivity index (χ0v) is 19.2. The summed E-state index contributed by atoms with van der Waals surface area (Å²) in [5.74, 6) is 0.789. The minimum absolute atomic E-state index is 0.0680. The summed E-state index contributed by atoms with van der Waals surface area (Å²) in [6.07, 6.45) is 0. The van der Waals surface area contributed by atoms with Gasteiger partial charge in [0.2, 0.25) is 0 Å². The van der Waals surface area contributed by atoms with Crippen molar-refractivity contribution in [1.82, 2.24) is 30.1 Å². The number of carbonyl (C=O) groups excluding carboxylic acids is 1. The molecule has 3 heterocycles. The number of benzene rings is 1. The highest BCUT2D eigenvalue weighted by Crippen LogP contribution is 2.20. The summed E-state index contributed by atoms with van der Waals surface area (Å²) in [6.45, 7) is 3.30. The van der Waals surface area contributed by atoms with Crippen molar-refractivity contribution in [1.29, 1.82) is 0 Å². The van der Waals surface area contributed by atoms with Crippen LogP contribution in [-0.2, 0) is 35.7 Å². The zero-order valence-electron chi connectivity index (χ0n) is 18.4. The molecule has 4 aromatic rings. The quantitative estimate of drug-likeness (QED) is 0.353. The van der Waals surface area contributed by atoms with Crippen molar-refractivity contribution in [3.8, 4) is 5.75 Å². The van der Waals surface area contributed by atoms with E-state index in [1.54, 1.807) is 31.4 Å². The predicted molar refractivity (Wildman–Crippen MR) is 123 cm³/mol. The number of carbonyl (C=O) groups is 1. The summed E-state index contributed by atoms with van der Waals surface area (Å²) >= 11 is 1.63. The van der Waals surface area contributed by atoms with Gasteiger partial charge in [0.25, 0.3) is 5.56 Å². The van der Waals surface area contributed by atoms with Gasteiger partial charge in [-0.1, -0.05) is 6.07 Å². The van der Waals surface area contributed by atoms with Crippen LogP contribution in [-0.4, -0.2) is 49.8 Å². The van der Waals surface area contributed by atoms with Crippen LogP contribution in [0.1, 0.15) is 23.2 Å². The van der Waals surface area contributed by atoms with Crippen molar-refractivity contribution >= 4 is 28.2 Å². The van der Waals surface area contributed by atoms with Gasteiger partial charge < -0.3 is 14.5 Å². The van der Waals surface area contributed by atoms with E-state index in [1.807, 2.05) is 35.7 Å².